The van der Waals surface area contributed by atoms with Crippen molar-refractivity contribution in [1.82, 2.24) is 0 Å². The summed E-state index contributed by atoms with van der Waals surface area (Å²) in [5.41, 5.74) is 0. The quantitative estimate of drug-likeness (QED) is 0.530. The van der Waals surface area contributed by atoms with Crippen LogP contribution in [-0.2, 0) is 9.47 Å². The predicted molar refractivity (Wildman–Crippen MR) is 42.1 cm³/mol. The third kappa shape index (κ3) is 1.46. The topological polar surface area (TPSA) is 18.5 Å². The molecule has 0 N–H and O–H groups in total. The van der Waals surface area contributed by atoms with E-state index >= 15 is 0 Å². The van der Waals surface area contributed by atoms with Crippen LogP contribution in [0.1, 0.15) is 6.42 Å². The fourth-order valence-corrected chi connectivity index (χ4v) is 1.45. The summed E-state index contributed by atoms with van der Waals surface area (Å²) in [5.74, 6) is 0.472. The summed E-state index contributed by atoms with van der Waals surface area (Å²) in [7, 11) is 0. The normalized spacial score (nSPS) is 35.6. The van der Waals surface area contributed by atoms with Crippen molar-refractivity contribution < 1.29 is 9.47 Å². The van der Waals surface area contributed by atoms with Crippen molar-refractivity contribution in [3.8, 4) is 0 Å². The molecular weight excluding hydrogens is 140 g/mol. The Labute approximate surface area is 66.5 Å². The van der Waals surface area contributed by atoms with Gasteiger partial charge in [0.05, 0.1) is 25.6 Å². The molecule has 0 saturated carbocycles. The number of ether oxygens (including phenoxy) is 2. The highest BCUT2D eigenvalue weighted by Crippen LogP contribution is 2.21. The zero-order valence-corrected chi connectivity index (χ0v) is 6.40. The molecule has 2 rings (SSSR count). The maximum Gasteiger partial charge on any atom is 0.0962 e. The lowest BCUT2D eigenvalue weighted by Crippen LogP contribution is -2.25. The van der Waals surface area contributed by atoms with E-state index in [1.165, 1.54) is 0 Å². The Balaban J connectivity index is 1.93. The second kappa shape index (κ2) is 3.09. The van der Waals surface area contributed by atoms with Gasteiger partial charge in [-0.05, 0) is 12.5 Å². The van der Waals surface area contributed by atoms with Crippen LogP contribution >= 0.6 is 0 Å². The van der Waals surface area contributed by atoms with Crippen molar-refractivity contribution in [2.24, 2.45) is 5.92 Å². The van der Waals surface area contributed by atoms with E-state index in [1.54, 1.807) is 6.26 Å². The van der Waals surface area contributed by atoms with Crippen molar-refractivity contribution in [3.05, 3.63) is 24.5 Å². The molecule has 0 amide bonds. The Morgan fingerprint density at radius 1 is 1.27 bits per heavy atom. The van der Waals surface area contributed by atoms with Crippen LogP contribution in [0.4, 0.5) is 0 Å². The molecule has 2 aliphatic heterocycles. The lowest BCUT2D eigenvalue weighted by atomic mass is 10.0. The molecule has 2 heteroatoms. The van der Waals surface area contributed by atoms with Gasteiger partial charge in [-0.2, -0.15) is 0 Å². The number of hydrogen-bond acceptors (Lipinski definition) is 2. The van der Waals surface area contributed by atoms with E-state index in [4.69, 9.17) is 9.47 Å². The molecule has 0 aromatic rings. The van der Waals surface area contributed by atoms with Crippen molar-refractivity contribution in [2.45, 2.75) is 12.5 Å². The highest BCUT2D eigenvalue weighted by Gasteiger charge is 2.23. The molecule has 0 radical (unpaired) electrons. The Hall–Kier alpha value is -0.760. The smallest absolute Gasteiger partial charge is 0.0962 e. The minimum atomic E-state index is 0.346. The van der Waals surface area contributed by atoms with E-state index in [-0.39, 0.29) is 0 Å². The van der Waals surface area contributed by atoms with Crippen LogP contribution in [0, 0.1) is 5.92 Å². The van der Waals surface area contributed by atoms with Crippen LogP contribution in [-0.4, -0.2) is 19.3 Å². The minimum absolute atomic E-state index is 0.346. The van der Waals surface area contributed by atoms with Gasteiger partial charge in [-0.15, -0.1) is 0 Å². The van der Waals surface area contributed by atoms with Crippen LogP contribution in [0.5, 0.6) is 0 Å². The summed E-state index contributed by atoms with van der Waals surface area (Å²) in [6.45, 7) is 1.55. The fraction of sp³-hybridized carbons (Fsp3) is 0.556. The Morgan fingerprint density at radius 3 is 2.91 bits per heavy atom. The first-order valence-electron chi connectivity index (χ1n) is 4.02. The van der Waals surface area contributed by atoms with Gasteiger partial charge in [0.2, 0.25) is 0 Å². The standard InChI is InChI=1S/C9H12O2/c1-2-5-11-9(3-1)8-4-6-10-7-8/h1-2,4,6,8-9H,3,5,7H2. The molecule has 11 heavy (non-hydrogen) atoms. The van der Waals surface area contributed by atoms with Gasteiger partial charge in [-0.3, -0.25) is 0 Å². The molecule has 2 aliphatic rings. The number of hydrogen-bond donors (Lipinski definition) is 0. The largest absolute Gasteiger partial charge is 0.501 e. The highest BCUT2D eigenvalue weighted by atomic mass is 16.5. The van der Waals surface area contributed by atoms with Gasteiger partial charge in [0, 0.05) is 5.92 Å². The minimum Gasteiger partial charge on any atom is -0.501 e. The fourth-order valence-electron chi connectivity index (χ4n) is 1.45. The maximum absolute atomic E-state index is 5.54. The first kappa shape index (κ1) is 6.92. The van der Waals surface area contributed by atoms with E-state index in [2.05, 4.69) is 18.2 Å². The van der Waals surface area contributed by atoms with Crippen LogP contribution < -0.4 is 0 Å². The summed E-state index contributed by atoms with van der Waals surface area (Å²) in [6.07, 6.45) is 9.48. The van der Waals surface area contributed by atoms with Gasteiger partial charge < -0.3 is 9.47 Å². The van der Waals surface area contributed by atoms with Crippen LogP contribution in [0.2, 0.25) is 0 Å². The second-order valence-electron chi connectivity index (χ2n) is 2.90. The highest BCUT2D eigenvalue weighted by molar-refractivity contribution is 4.99. The summed E-state index contributed by atoms with van der Waals surface area (Å²) >= 11 is 0. The Morgan fingerprint density at radius 2 is 2.27 bits per heavy atom. The molecule has 0 saturated heterocycles. The van der Waals surface area contributed by atoms with Gasteiger partial charge in [-0.25, -0.2) is 0 Å². The summed E-state index contributed by atoms with van der Waals surface area (Å²) in [6, 6.07) is 0. The lowest BCUT2D eigenvalue weighted by molar-refractivity contribution is 0.0267. The SMILES string of the molecule is C1=CCC(C2C=COC2)OC1. The molecule has 2 heterocycles. The van der Waals surface area contributed by atoms with Crippen LogP contribution in [0.25, 0.3) is 0 Å². The summed E-state index contributed by atoms with van der Waals surface area (Å²) in [5, 5.41) is 0. The van der Waals surface area contributed by atoms with Crippen LogP contribution in [0.3, 0.4) is 0 Å². The van der Waals surface area contributed by atoms with Gasteiger partial charge in [0.15, 0.2) is 0 Å². The second-order valence-corrected chi connectivity index (χ2v) is 2.90. The third-order valence-corrected chi connectivity index (χ3v) is 2.13. The molecule has 0 spiro atoms. The van der Waals surface area contributed by atoms with E-state index in [0.29, 0.717) is 12.0 Å². The third-order valence-electron chi connectivity index (χ3n) is 2.13. The molecule has 2 atom stereocenters. The molecule has 2 nitrogen and oxygen atoms in total. The van der Waals surface area contributed by atoms with Crippen molar-refractivity contribution in [2.75, 3.05) is 13.2 Å². The van der Waals surface area contributed by atoms with E-state index in [1.807, 2.05) is 0 Å². The summed E-state index contributed by atoms with van der Waals surface area (Å²) < 4.78 is 10.7. The van der Waals surface area contributed by atoms with Gasteiger partial charge in [0.25, 0.3) is 0 Å². The average molecular weight is 152 g/mol. The molecule has 0 aromatic carbocycles. The molecule has 0 bridgehead atoms. The molecule has 60 valence electrons. The lowest BCUT2D eigenvalue weighted by Gasteiger charge is -2.22. The van der Waals surface area contributed by atoms with E-state index in [0.717, 1.165) is 19.6 Å². The first-order chi connectivity index (χ1) is 5.47. The average Bonchev–Trinajstić information content (AvgIpc) is 2.58. The van der Waals surface area contributed by atoms with Crippen molar-refractivity contribution in [3.63, 3.8) is 0 Å². The Bertz CT molecular complexity index is 184. The van der Waals surface area contributed by atoms with Crippen molar-refractivity contribution in [1.29, 1.82) is 0 Å². The van der Waals surface area contributed by atoms with Gasteiger partial charge in [-0.1, -0.05) is 12.2 Å². The molecule has 0 aromatic heterocycles. The molecule has 0 fully saturated rings. The predicted octanol–water partition coefficient (Wildman–Crippen LogP) is 1.49. The van der Waals surface area contributed by atoms with Gasteiger partial charge >= 0.3 is 0 Å². The summed E-state index contributed by atoms with van der Waals surface area (Å²) in [4.78, 5) is 0. The molecule has 2 unspecified atom stereocenters. The number of rotatable bonds is 1. The zero-order chi connectivity index (χ0) is 7.52. The van der Waals surface area contributed by atoms with Gasteiger partial charge in [0.1, 0.15) is 0 Å². The zero-order valence-electron chi connectivity index (χ0n) is 6.40. The van der Waals surface area contributed by atoms with E-state index < -0.39 is 0 Å². The molecular formula is C9H12O2. The van der Waals surface area contributed by atoms with E-state index in [9.17, 15) is 0 Å². The van der Waals surface area contributed by atoms with Crippen molar-refractivity contribution >= 4 is 0 Å². The first-order valence-corrected chi connectivity index (χ1v) is 4.02. The Kier molecular flexibility index (Phi) is 1.95. The monoisotopic (exact) mass is 152 g/mol. The maximum atomic E-state index is 5.54. The molecule has 0 aliphatic carbocycles. The van der Waals surface area contributed by atoms with Crippen LogP contribution in [0.15, 0.2) is 24.5 Å².